The molecule has 0 saturated carbocycles. The van der Waals surface area contributed by atoms with E-state index in [1.807, 2.05) is 0 Å². The zero-order valence-electron chi connectivity index (χ0n) is 12.0. The third-order valence-electron chi connectivity index (χ3n) is 4.38. The van der Waals surface area contributed by atoms with Crippen molar-refractivity contribution in [1.82, 2.24) is 5.32 Å². The van der Waals surface area contributed by atoms with Crippen molar-refractivity contribution in [3.63, 3.8) is 0 Å². The van der Waals surface area contributed by atoms with Crippen LogP contribution in [0.3, 0.4) is 0 Å². The summed E-state index contributed by atoms with van der Waals surface area (Å²) in [5.41, 5.74) is 2.34. The summed E-state index contributed by atoms with van der Waals surface area (Å²) in [5.74, 6) is 1.34. The Morgan fingerprint density at radius 3 is 2.61 bits per heavy atom. The average molecular weight is 328 g/mol. The first-order valence-electron chi connectivity index (χ1n) is 7.14. The first kappa shape index (κ1) is 14.4. The average Bonchev–Trinajstić information content (AvgIpc) is 2.27. The van der Waals surface area contributed by atoms with Gasteiger partial charge in [0, 0.05) is 23.0 Å². The molecule has 1 N–H and O–H groups in total. The van der Waals surface area contributed by atoms with Gasteiger partial charge in [-0.1, -0.05) is 60.7 Å². The van der Waals surface area contributed by atoms with E-state index >= 15 is 0 Å². The van der Waals surface area contributed by atoms with E-state index in [9.17, 15) is 0 Å². The molecule has 4 unspecified atom stereocenters. The Balaban J connectivity index is 2.09. The molecule has 3 heteroatoms. The zero-order chi connectivity index (χ0) is 13.3. The van der Waals surface area contributed by atoms with Gasteiger partial charge in [0.25, 0.3) is 0 Å². The van der Waals surface area contributed by atoms with E-state index in [1.54, 1.807) is 0 Å². The standard InChI is InChI=1S/C15H26BrNSi/c1-11-8-14(12-6-5-7-13(16)9-12)17-10-15(11)18(2,3)4/h5-6,8,11-13,15,17H,7,9-10H2,1-4H3. The van der Waals surface area contributed by atoms with E-state index in [-0.39, 0.29) is 0 Å². The van der Waals surface area contributed by atoms with E-state index in [2.05, 4.69) is 66.0 Å². The molecule has 2 rings (SSSR count). The zero-order valence-corrected chi connectivity index (χ0v) is 14.6. The molecule has 0 aromatic rings. The molecule has 1 nitrogen and oxygen atoms in total. The minimum Gasteiger partial charge on any atom is -0.388 e. The normalized spacial score (nSPS) is 37.1. The van der Waals surface area contributed by atoms with Gasteiger partial charge in [0.2, 0.25) is 0 Å². The molecular weight excluding hydrogens is 302 g/mol. The molecule has 1 aliphatic heterocycles. The summed E-state index contributed by atoms with van der Waals surface area (Å²) in [6, 6.07) is 0. The molecule has 0 aromatic carbocycles. The van der Waals surface area contributed by atoms with E-state index in [1.165, 1.54) is 25.1 Å². The van der Waals surface area contributed by atoms with E-state index < -0.39 is 8.07 Å². The summed E-state index contributed by atoms with van der Waals surface area (Å²) >= 11 is 3.75. The van der Waals surface area contributed by atoms with Gasteiger partial charge >= 0.3 is 0 Å². The van der Waals surface area contributed by atoms with Crippen LogP contribution >= 0.6 is 15.9 Å². The molecule has 1 heterocycles. The monoisotopic (exact) mass is 327 g/mol. The van der Waals surface area contributed by atoms with Crippen molar-refractivity contribution < 1.29 is 0 Å². The van der Waals surface area contributed by atoms with Crippen molar-refractivity contribution in [2.24, 2.45) is 11.8 Å². The highest BCUT2D eigenvalue weighted by Gasteiger charge is 2.34. The van der Waals surface area contributed by atoms with Gasteiger partial charge in [-0.3, -0.25) is 0 Å². The van der Waals surface area contributed by atoms with Crippen LogP contribution < -0.4 is 5.32 Å². The molecule has 0 bridgehead atoms. The maximum Gasteiger partial charge on any atom is 0.0500 e. The molecule has 0 fully saturated rings. The van der Waals surface area contributed by atoms with Crippen LogP contribution in [0, 0.1) is 11.8 Å². The fraction of sp³-hybridized carbons (Fsp3) is 0.733. The highest BCUT2D eigenvalue weighted by Crippen LogP contribution is 2.37. The first-order valence-corrected chi connectivity index (χ1v) is 11.6. The van der Waals surface area contributed by atoms with E-state index in [0.717, 1.165) is 11.5 Å². The molecule has 102 valence electrons. The summed E-state index contributed by atoms with van der Waals surface area (Å²) in [6.45, 7) is 11.1. The molecule has 0 aromatic heterocycles. The molecular formula is C15H26BrNSi. The highest BCUT2D eigenvalue weighted by atomic mass is 79.9. The summed E-state index contributed by atoms with van der Waals surface area (Å²) in [7, 11) is -1.05. The lowest BCUT2D eigenvalue weighted by Gasteiger charge is -2.39. The summed E-state index contributed by atoms with van der Waals surface area (Å²) in [6.07, 6.45) is 9.63. The minimum absolute atomic E-state index is 0.605. The number of rotatable bonds is 2. The predicted octanol–water partition coefficient (Wildman–Crippen LogP) is 4.55. The van der Waals surface area contributed by atoms with E-state index in [0.29, 0.717) is 10.7 Å². The van der Waals surface area contributed by atoms with Crippen LogP contribution in [0.2, 0.25) is 25.2 Å². The number of nitrogens with one attached hydrogen (secondary N) is 1. The Morgan fingerprint density at radius 2 is 2.06 bits per heavy atom. The van der Waals surface area contributed by atoms with Crippen LogP contribution in [-0.4, -0.2) is 19.4 Å². The number of hydrogen-bond acceptors (Lipinski definition) is 1. The van der Waals surface area contributed by atoms with Gasteiger partial charge in [0.15, 0.2) is 0 Å². The van der Waals surface area contributed by atoms with Crippen LogP contribution in [0.5, 0.6) is 0 Å². The third-order valence-corrected chi connectivity index (χ3v) is 8.09. The fourth-order valence-electron chi connectivity index (χ4n) is 3.29. The number of halogens is 1. The lowest BCUT2D eigenvalue weighted by atomic mass is 9.89. The van der Waals surface area contributed by atoms with Crippen LogP contribution in [0.1, 0.15) is 19.8 Å². The Kier molecular flexibility index (Phi) is 4.43. The van der Waals surface area contributed by atoms with Crippen LogP contribution in [0.25, 0.3) is 0 Å². The summed E-state index contributed by atoms with van der Waals surface area (Å²) in [4.78, 5) is 0.653. The second-order valence-corrected chi connectivity index (χ2v) is 13.7. The van der Waals surface area contributed by atoms with Gasteiger partial charge in [-0.05, 0) is 24.3 Å². The Labute approximate surface area is 121 Å². The van der Waals surface area contributed by atoms with Crippen molar-refractivity contribution >= 4 is 24.0 Å². The lowest BCUT2D eigenvalue weighted by molar-refractivity contribution is 0.495. The minimum atomic E-state index is -1.05. The molecule has 0 radical (unpaired) electrons. The second-order valence-electron chi connectivity index (χ2n) is 6.94. The van der Waals surface area contributed by atoms with Crippen molar-refractivity contribution in [2.45, 2.75) is 49.8 Å². The SMILES string of the molecule is CC1C=C(C2C=CCC(Br)C2)NCC1[Si](C)(C)C. The summed E-state index contributed by atoms with van der Waals surface area (Å²) in [5, 5.41) is 3.72. The highest BCUT2D eigenvalue weighted by molar-refractivity contribution is 9.09. The van der Waals surface area contributed by atoms with Gasteiger partial charge < -0.3 is 5.32 Å². The predicted molar refractivity (Wildman–Crippen MR) is 86.9 cm³/mol. The van der Waals surface area contributed by atoms with Crippen LogP contribution in [-0.2, 0) is 0 Å². The molecule has 2 aliphatic rings. The van der Waals surface area contributed by atoms with E-state index in [4.69, 9.17) is 0 Å². The number of allylic oxidation sites excluding steroid dienone is 3. The lowest BCUT2D eigenvalue weighted by Crippen LogP contribution is -2.42. The van der Waals surface area contributed by atoms with Crippen LogP contribution in [0.15, 0.2) is 23.9 Å². The molecule has 0 spiro atoms. The van der Waals surface area contributed by atoms with Gasteiger partial charge in [0.1, 0.15) is 0 Å². The summed E-state index contributed by atoms with van der Waals surface area (Å²) < 4.78 is 0. The smallest absolute Gasteiger partial charge is 0.0500 e. The largest absolute Gasteiger partial charge is 0.388 e. The number of alkyl halides is 1. The number of hydrogen-bond donors (Lipinski definition) is 1. The fourth-order valence-corrected chi connectivity index (χ4v) is 6.30. The molecule has 0 amide bonds. The van der Waals surface area contributed by atoms with Gasteiger partial charge in [-0.15, -0.1) is 0 Å². The third kappa shape index (κ3) is 3.30. The quantitative estimate of drug-likeness (QED) is 0.445. The van der Waals surface area contributed by atoms with Crippen LogP contribution in [0.4, 0.5) is 0 Å². The van der Waals surface area contributed by atoms with Crippen molar-refractivity contribution in [3.8, 4) is 0 Å². The molecule has 18 heavy (non-hydrogen) atoms. The Hall–Kier alpha value is -0.0231. The maximum atomic E-state index is 3.75. The topological polar surface area (TPSA) is 12.0 Å². The van der Waals surface area contributed by atoms with Gasteiger partial charge in [-0.2, -0.15) is 0 Å². The molecule has 1 aliphatic carbocycles. The second kappa shape index (κ2) is 5.54. The van der Waals surface area contributed by atoms with Crippen molar-refractivity contribution in [3.05, 3.63) is 23.9 Å². The first-order chi connectivity index (χ1) is 8.38. The van der Waals surface area contributed by atoms with Crippen molar-refractivity contribution in [2.75, 3.05) is 6.54 Å². The van der Waals surface area contributed by atoms with Gasteiger partial charge in [-0.25, -0.2) is 0 Å². The molecule has 0 saturated heterocycles. The van der Waals surface area contributed by atoms with Crippen molar-refractivity contribution in [1.29, 1.82) is 0 Å². The maximum absolute atomic E-state index is 3.75. The Bertz CT molecular complexity index is 356. The van der Waals surface area contributed by atoms with Gasteiger partial charge in [0.05, 0.1) is 8.07 Å². The Morgan fingerprint density at radius 1 is 1.33 bits per heavy atom. The molecule has 4 atom stereocenters.